The molecule has 5 nitrogen and oxygen atoms in total. The van der Waals surface area contributed by atoms with E-state index in [1.165, 1.54) is 12.1 Å². The average Bonchev–Trinajstić information content (AvgIpc) is 2.25. The Morgan fingerprint density at radius 1 is 1.39 bits per heavy atom. The second-order valence-corrected chi connectivity index (χ2v) is 3.34. The van der Waals surface area contributed by atoms with Crippen molar-refractivity contribution in [3.05, 3.63) is 24.3 Å². The van der Waals surface area contributed by atoms with Gasteiger partial charge in [0.1, 0.15) is 11.8 Å². The highest BCUT2D eigenvalue weighted by Gasteiger charge is 2.31. The lowest BCUT2D eigenvalue weighted by atomic mass is 10.2. The predicted molar refractivity (Wildman–Crippen MR) is 57.2 cm³/mol. The number of hydrogen-bond donors (Lipinski definition) is 3. The number of carboxylic acid groups (broad SMARTS) is 1. The average molecular weight is 264 g/mol. The molecule has 0 saturated carbocycles. The van der Waals surface area contributed by atoms with Crippen molar-refractivity contribution in [2.75, 3.05) is 11.9 Å². The number of rotatable bonds is 5. The molecule has 1 rings (SSSR count). The van der Waals surface area contributed by atoms with E-state index in [4.69, 9.17) is 10.8 Å². The van der Waals surface area contributed by atoms with E-state index in [1.54, 1.807) is 0 Å². The fraction of sp³-hybridized carbons (Fsp3) is 0.300. The van der Waals surface area contributed by atoms with Gasteiger partial charge in [0.05, 0.1) is 0 Å². The molecule has 1 unspecified atom stereocenters. The Morgan fingerprint density at radius 3 is 2.33 bits per heavy atom. The van der Waals surface area contributed by atoms with Crippen molar-refractivity contribution in [3.63, 3.8) is 0 Å². The van der Waals surface area contributed by atoms with Crippen LogP contribution in [0, 0.1) is 0 Å². The number of carboxylic acids is 1. The highest BCUT2D eigenvalue weighted by atomic mass is 19.4. The first-order valence-corrected chi connectivity index (χ1v) is 4.87. The maximum absolute atomic E-state index is 11.9. The van der Waals surface area contributed by atoms with Gasteiger partial charge in [0.25, 0.3) is 0 Å². The van der Waals surface area contributed by atoms with Crippen molar-refractivity contribution < 1.29 is 27.8 Å². The van der Waals surface area contributed by atoms with Gasteiger partial charge in [-0.25, -0.2) is 4.79 Å². The summed E-state index contributed by atoms with van der Waals surface area (Å²) < 4.78 is 39.3. The highest BCUT2D eigenvalue weighted by Crippen LogP contribution is 2.24. The molecule has 0 amide bonds. The summed E-state index contributed by atoms with van der Waals surface area (Å²) >= 11 is 0. The molecule has 0 fully saturated rings. The zero-order chi connectivity index (χ0) is 13.8. The van der Waals surface area contributed by atoms with Gasteiger partial charge in [-0.1, -0.05) is 0 Å². The number of alkyl halides is 3. The number of anilines is 1. The van der Waals surface area contributed by atoms with Gasteiger partial charge in [-0.05, 0) is 24.3 Å². The third kappa shape index (κ3) is 4.50. The molecule has 8 heteroatoms. The number of hydrogen-bond acceptors (Lipinski definition) is 4. The van der Waals surface area contributed by atoms with E-state index in [1.807, 2.05) is 0 Å². The minimum Gasteiger partial charge on any atom is -0.480 e. The molecule has 4 N–H and O–H groups in total. The Labute approximate surface area is 100 Å². The van der Waals surface area contributed by atoms with Gasteiger partial charge in [-0.3, -0.25) is 0 Å². The van der Waals surface area contributed by atoms with Crippen LogP contribution in [0.5, 0.6) is 5.75 Å². The van der Waals surface area contributed by atoms with Crippen molar-refractivity contribution in [1.29, 1.82) is 0 Å². The Bertz CT molecular complexity index is 406. The molecule has 0 aliphatic rings. The van der Waals surface area contributed by atoms with Crippen molar-refractivity contribution in [1.82, 2.24) is 0 Å². The van der Waals surface area contributed by atoms with Crippen LogP contribution in [0.3, 0.4) is 0 Å². The molecule has 0 radical (unpaired) electrons. The van der Waals surface area contributed by atoms with E-state index in [0.717, 1.165) is 12.1 Å². The van der Waals surface area contributed by atoms with Crippen LogP contribution >= 0.6 is 0 Å². The summed E-state index contributed by atoms with van der Waals surface area (Å²) in [5.74, 6) is -1.53. The van der Waals surface area contributed by atoms with Gasteiger partial charge in [0, 0.05) is 12.2 Å². The Hall–Kier alpha value is -1.96. The molecule has 100 valence electrons. The maximum atomic E-state index is 11.9. The quantitative estimate of drug-likeness (QED) is 0.748. The molecule has 0 saturated heterocycles. The summed E-state index contributed by atoms with van der Waals surface area (Å²) in [6.45, 7) is -0.143. The molecule has 0 heterocycles. The first kappa shape index (κ1) is 14.1. The summed E-state index contributed by atoms with van der Waals surface area (Å²) in [5, 5.41) is 11.3. The molecule has 1 aromatic rings. The molecule has 18 heavy (non-hydrogen) atoms. The number of halogens is 3. The first-order chi connectivity index (χ1) is 8.31. The summed E-state index contributed by atoms with van der Waals surface area (Å²) in [7, 11) is 0. The number of aliphatic carboxylic acids is 1. The van der Waals surface area contributed by atoms with Gasteiger partial charge in [0.2, 0.25) is 0 Å². The van der Waals surface area contributed by atoms with Gasteiger partial charge in [0.15, 0.2) is 0 Å². The van der Waals surface area contributed by atoms with Crippen molar-refractivity contribution in [3.8, 4) is 5.75 Å². The van der Waals surface area contributed by atoms with Crippen LogP contribution < -0.4 is 15.8 Å². The second-order valence-electron chi connectivity index (χ2n) is 3.34. The molecule has 1 aromatic carbocycles. The number of carbonyl (C=O) groups is 1. The largest absolute Gasteiger partial charge is 0.573 e. The van der Waals surface area contributed by atoms with E-state index in [9.17, 15) is 18.0 Å². The number of benzene rings is 1. The summed E-state index contributed by atoms with van der Waals surface area (Å²) in [6, 6.07) is 3.69. The maximum Gasteiger partial charge on any atom is 0.573 e. The lowest BCUT2D eigenvalue weighted by Gasteiger charge is -2.14. The SMILES string of the molecule is NCC(Nc1ccc(OC(F)(F)F)cc1)C(=O)O. The lowest BCUT2D eigenvalue weighted by Crippen LogP contribution is -2.36. The monoisotopic (exact) mass is 264 g/mol. The van der Waals surface area contributed by atoms with E-state index < -0.39 is 18.4 Å². The zero-order valence-electron chi connectivity index (χ0n) is 9.07. The topological polar surface area (TPSA) is 84.6 Å². The normalized spacial score (nSPS) is 12.9. The predicted octanol–water partition coefficient (Wildman–Crippen LogP) is 1.41. The number of nitrogens with one attached hydrogen (secondary N) is 1. The highest BCUT2D eigenvalue weighted by molar-refractivity contribution is 5.77. The lowest BCUT2D eigenvalue weighted by molar-refractivity contribution is -0.274. The summed E-state index contributed by atoms with van der Waals surface area (Å²) in [6.07, 6.45) is -4.75. The smallest absolute Gasteiger partial charge is 0.480 e. The van der Waals surface area contributed by atoms with Gasteiger partial charge in [-0.15, -0.1) is 13.2 Å². The second kappa shape index (κ2) is 5.58. The third-order valence-corrected chi connectivity index (χ3v) is 1.96. The van der Waals surface area contributed by atoms with Crippen molar-refractivity contribution >= 4 is 11.7 Å². The minimum atomic E-state index is -4.75. The van der Waals surface area contributed by atoms with Crippen molar-refractivity contribution in [2.45, 2.75) is 12.4 Å². The fourth-order valence-electron chi connectivity index (χ4n) is 1.18. The van der Waals surface area contributed by atoms with Gasteiger partial charge >= 0.3 is 12.3 Å². The van der Waals surface area contributed by atoms with Crippen LogP contribution in [0.2, 0.25) is 0 Å². The molecule has 0 aliphatic carbocycles. The minimum absolute atomic E-state index is 0.143. The Kier molecular flexibility index (Phi) is 4.38. The van der Waals surface area contributed by atoms with E-state index in [2.05, 4.69) is 10.1 Å². The molecule has 0 bridgehead atoms. The van der Waals surface area contributed by atoms with E-state index >= 15 is 0 Å². The van der Waals surface area contributed by atoms with Crippen LogP contribution in [0.15, 0.2) is 24.3 Å². The molecule has 0 aliphatic heterocycles. The number of nitrogens with two attached hydrogens (primary N) is 1. The Morgan fingerprint density at radius 2 is 1.94 bits per heavy atom. The summed E-state index contributed by atoms with van der Waals surface area (Å²) in [5.41, 5.74) is 5.55. The van der Waals surface area contributed by atoms with E-state index in [0.29, 0.717) is 5.69 Å². The van der Waals surface area contributed by atoms with Crippen LogP contribution in [-0.4, -0.2) is 30.0 Å². The van der Waals surface area contributed by atoms with E-state index in [-0.39, 0.29) is 12.3 Å². The third-order valence-electron chi connectivity index (χ3n) is 1.96. The zero-order valence-corrected chi connectivity index (χ0v) is 9.07. The number of ether oxygens (including phenoxy) is 1. The first-order valence-electron chi connectivity index (χ1n) is 4.87. The van der Waals surface area contributed by atoms with Gasteiger partial charge in [-0.2, -0.15) is 0 Å². The summed E-state index contributed by atoms with van der Waals surface area (Å²) in [4.78, 5) is 10.7. The molecular weight excluding hydrogens is 253 g/mol. The fourth-order valence-corrected chi connectivity index (χ4v) is 1.18. The molecule has 1 atom stereocenters. The standard InChI is InChI=1S/C10H11F3N2O3/c11-10(12,13)18-7-3-1-6(2-4-7)15-8(5-14)9(16)17/h1-4,8,15H,5,14H2,(H,16,17). The molecule has 0 aromatic heterocycles. The Balaban J connectivity index is 2.68. The molecular formula is C10H11F3N2O3. The van der Waals surface area contributed by atoms with Crippen LogP contribution in [0.4, 0.5) is 18.9 Å². The van der Waals surface area contributed by atoms with Crippen LogP contribution in [0.25, 0.3) is 0 Å². The molecule has 0 spiro atoms. The van der Waals surface area contributed by atoms with Crippen LogP contribution in [-0.2, 0) is 4.79 Å². The van der Waals surface area contributed by atoms with Gasteiger partial charge < -0.3 is 20.9 Å². The van der Waals surface area contributed by atoms with Crippen LogP contribution in [0.1, 0.15) is 0 Å². The van der Waals surface area contributed by atoms with Crippen molar-refractivity contribution in [2.24, 2.45) is 5.73 Å².